The van der Waals surface area contributed by atoms with Gasteiger partial charge in [0.15, 0.2) is 17.5 Å². The smallest absolute Gasteiger partial charge is 0.164 e. The third-order valence-electron chi connectivity index (χ3n) is 9.75. The highest BCUT2D eigenvalue weighted by molar-refractivity contribution is 6.14. The molecule has 11 aromatic rings. The van der Waals surface area contributed by atoms with Gasteiger partial charge >= 0.3 is 0 Å². The normalized spacial score (nSPS) is 11.9. The largest absolute Gasteiger partial charge is 0.456 e. The molecule has 0 unspecified atom stereocenters. The van der Waals surface area contributed by atoms with Crippen molar-refractivity contribution in [1.29, 1.82) is 0 Å². The van der Waals surface area contributed by atoms with Gasteiger partial charge in [-0.05, 0) is 65.7 Å². The third-order valence-corrected chi connectivity index (χ3v) is 9.75. The fourth-order valence-electron chi connectivity index (χ4n) is 7.31. The average molecular weight is 656 g/mol. The highest BCUT2D eigenvalue weighted by atomic mass is 16.3. The van der Waals surface area contributed by atoms with Crippen molar-refractivity contribution in [3.63, 3.8) is 0 Å². The Bertz CT molecular complexity index is 3150. The zero-order valence-corrected chi connectivity index (χ0v) is 27.0. The van der Waals surface area contributed by atoms with Crippen LogP contribution in [0.25, 0.3) is 111 Å². The number of nitrogens with zero attached hydrogens (tertiary/aromatic N) is 3. The van der Waals surface area contributed by atoms with Crippen LogP contribution >= 0.6 is 0 Å². The van der Waals surface area contributed by atoms with Crippen LogP contribution in [-0.4, -0.2) is 15.0 Å². The molecular formula is C45H25N3O3. The van der Waals surface area contributed by atoms with E-state index >= 15 is 0 Å². The van der Waals surface area contributed by atoms with Crippen LogP contribution in [0.4, 0.5) is 0 Å². The van der Waals surface area contributed by atoms with E-state index in [1.165, 1.54) is 0 Å². The van der Waals surface area contributed by atoms with E-state index in [0.717, 1.165) is 93.6 Å². The van der Waals surface area contributed by atoms with E-state index in [-0.39, 0.29) is 0 Å². The zero-order valence-electron chi connectivity index (χ0n) is 27.0. The van der Waals surface area contributed by atoms with Crippen LogP contribution in [-0.2, 0) is 0 Å². The number of para-hydroxylation sites is 2. The Balaban J connectivity index is 1.05. The average Bonchev–Trinajstić information content (AvgIpc) is 3.88. The molecule has 6 heteroatoms. The summed E-state index contributed by atoms with van der Waals surface area (Å²) in [5.41, 5.74) is 9.79. The quantitative estimate of drug-likeness (QED) is 0.188. The molecule has 7 aromatic carbocycles. The summed E-state index contributed by atoms with van der Waals surface area (Å²) in [6.45, 7) is 0. The summed E-state index contributed by atoms with van der Waals surface area (Å²) in [4.78, 5) is 14.9. The third kappa shape index (κ3) is 4.40. The van der Waals surface area contributed by atoms with Crippen LogP contribution in [0.15, 0.2) is 165 Å². The fourth-order valence-corrected chi connectivity index (χ4v) is 7.31. The molecule has 4 aromatic heterocycles. The molecule has 0 radical (unpaired) electrons. The van der Waals surface area contributed by atoms with E-state index in [1.807, 2.05) is 97.1 Å². The molecule has 0 N–H and O–H groups in total. The van der Waals surface area contributed by atoms with Crippen molar-refractivity contribution < 1.29 is 13.3 Å². The molecule has 0 fully saturated rings. The van der Waals surface area contributed by atoms with Gasteiger partial charge in [0.05, 0.1) is 0 Å². The van der Waals surface area contributed by atoms with Gasteiger partial charge in [0, 0.05) is 49.0 Å². The Kier molecular flexibility index (Phi) is 5.86. The maximum absolute atomic E-state index is 6.45. The molecule has 6 nitrogen and oxygen atoms in total. The lowest BCUT2D eigenvalue weighted by molar-refractivity contribution is 0.668. The van der Waals surface area contributed by atoms with E-state index in [0.29, 0.717) is 17.5 Å². The second kappa shape index (κ2) is 10.7. The predicted octanol–water partition coefficient (Wildman–Crippen LogP) is 12.2. The van der Waals surface area contributed by atoms with Gasteiger partial charge in [-0.2, -0.15) is 0 Å². The van der Waals surface area contributed by atoms with Gasteiger partial charge < -0.3 is 13.3 Å². The highest BCUT2D eigenvalue weighted by Gasteiger charge is 2.18. The monoisotopic (exact) mass is 655 g/mol. The first-order valence-electron chi connectivity index (χ1n) is 16.8. The van der Waals surface area contributed by atoms with Gasteiger partial charge in [-0.25, -0.2) is 15.0 Å². The van der Waals surface area contributed by atoms with Crippen molar-refractivity contribution in [2.45, 2.75) is 0 Å². The van der Waals surface area contributed by atoms with Gasteiger partial charge in [-0.3, -0.25) is 0 Å². The second-order valence-electron chi connectivity index (χ2n) is 12.8. The van der Waals surface area contributed by atoms with E-state index in [9.17, 15) is 0 Å². The minimum absolute atomic E-state index is 0.560. The van der Waals surface area contributed by atoms with E-state index in [1.54, 1.807) is 0 Å². The number of rotatable bonds is 4. The maximum Gasteiger partial charge on any atom is 0.164 e. The van der Waals surface area contributed by atoms with Crippen molar-refractivity contribution in [3.8, 4) is 45.3 Å². The summed E-state index contributed by atoms with van der Waals surface area (Å²) in [6, 6.07) is 51.2. The minimum atomic E-state index is 0.560. The molecule has 4 heterocycles. The standard InChI is InChI=1S/C45H25N3O3/c1-2-9-26(10-3-1)43-46-44(28-17-20-32-31-11-4-6-14-36(31)50-40(32)24-28)48-45(47-43)29-18-21-33-35-23-27(19-22-38(35)51-41(33)25-29)30-13-8-16-39-42(30)34-12-5-7-15-37(34)49-39/h1-25H. The Morgan fingerprint density at radius 2 is 0.804 bits per heavy atom. The molecule has 0 saturated heterocycles. The zero-order chi connectivity index (χ0) is 33.5. The summed E-state index contributed by atoms with van der Waals surface area (Å²) in [5.74, 6) is 1.72. The molecule has 0 bridgehead atoms. The number of fused-ring (bicyclic) bond motifs is 9. The number of hydrogen-bond acceptors (Lipinski definition) is 6. The molecule has 11 rings (SSSR count). The number of furan rings is 3. The van der Waals surface area contributed by atoms with E-state index in [2.05, 4.69) is 54.6 Å². The number of hydrogen-bond donors (Lipinski definition) is 0. The molecule has 0 aliphatic rings. The molecule has 51 heavy (non-hydrogen) atoms. The van der Waals surface area contributed by atoms with Crippen molar-refractivity contribution in [2.75, 3.05) is 0 Å². The van der Waals surface area contributed by atoms with Crippen LogP contribution in [0.2, 0.25) is 0 Å². The van der Waals surface area contributed by atoms with Crippen molar-refractivity contribution >= 4 is 65.8 Å². The van der Waals surface area contributed by atoms with E-state index < -0.39 is 0 Å². The molecule has 0 spiro atoms. The lowest BCUT2D eigenvalue weighted by Gasteiger charge is -2.08. The Morgan fingerprint density at radius 3 is 1.53 bits per heavy atom. The summed E-state index contributed by atoms with van der Waals surface area (Å²) in [6.07, 6.45) is 0. The number of aromatic nitrogens is 3. The first-order chi connectivity index (χ1) is 25.2. The van der Waals surface area contributed by atoms with Crippen LogP contribution < -0.4 is 0 Å². The van der Waals surface area contributed by atoms with Crippen LogP contribution in [0.1, 0.15) is 0 Å². The van der Waals surface area contributed by atoms with Gasteiger partial charge in [0.25, 0.3) is 0 Å². The van der Waals surface area contributed by atoms with Gasteiger partial charge in [-0.15, -0.1) is 0 Å². The molecule has 0 amide bonds. The van der Waals surface area contributed by atoms with Crippen molar-refractivity contribution in [2.24, 2.45) is 0 Å². The SMILES string of the molecule is c1ccc(-c2nc(-c3ccc4c(c3)oc3ccccc34)nc(-c3ccc4c(c3)oc3ccc(-c5cccc6oc7ccccc7c56)cc34)n2)cc1. The topological polar surface area (TPSA) is 78.1 Å². The minimum Gasteiger partial charge on any atom is -0.456 e. The molecule has 0 atom stereocenters. The molecule has 0 saturated carbocycles. The lowest BCUT2D eigenvalue weighted by atomic mass is 9.98. The summed E-state index contributed by atoms with van der Waals surface area (Å²) in [7, 11) is 0. The molecular weight excluding hydrogens is 631 g/mol. The lowest BCUT2D eigenvalue weighted by Crippen LogP contribution is -2.00. The predicted molar refractivity (Wildman–Crippen MR) is 203 cm³/mol. The van der Waals surface area contributed by atoms with Crippen molar-refractivity contribution in [1.82, 2.24) is 15.0 Å². The first kappa shape index (κ1) is 27.9. The summed E-state index contributed by atoms with van der Waals surface area (Å²) < 4.78 is 18.8. The number of benzene rings is 7. The summed E-state index contributed by atoms with van der Waals surface area (Å²) in [5, 5.41) is 6.42. The van der Waals surface area contributed by atoms with Crippen LogP contribution in [0.5, 0.6) is 0 Å². The van der Waals surface area contributed by atoms with Gasteiger partial charge in [0.2, 0.25) is 0 Å². The Hall–Kier alpha value is -7.05. The van der Waals surface area contributed by atoms with Gasteiger partial charge in [-0.1, -0.05) is 97.1 Å². The molecule has 0 aliphatic carbocycles. The van der Waals surface area contributed by atoms with E-state index in [4.69, 9.17) is 28.2 Å². The van der Waals surface area contributed by atoms with Crippen LogP contribution in [0.3, 0.4) is 0 Å². The van der Waals surface area contributed by atoms with Crippen LogP contribution in [0, 0.1) is 0 Å². The Morgan fingerprint density at radius 1 is 0.294 bits per heavy atom. The second-order valence-corrected chi connectivity index (χ2v) is 12.8. The van der Waals surface area contributed by atoms with Crippen molar-refractivity contribution in [3.05, 3.63) is 152 Å². The summed E-state index contributed by atoms with van der Waals surface area (Å²) >= 11 is 0. The first-order valence-corrected chi connectivity index (χ1v) is 16.8. The molecule has 0 aliphatic heterocycles. The fraction of sp³-hybridized carbons (Fsp3) is 0. The van der Waals surface area contributed by atoms with Gasteiger partial charge in [0.1, 0.15) is 33.5 Å². The highest BCUT2D eigenvalue weighted by Crippen LogP contribution is 2.40. The Labute approximate surface area is 290 Å². The molecule has 238 valence electrons. The maximum atomic E-state index is 6.45.